The van der Waals surface area contributed by atoms with Crippen molar-refractivity contribution in [1.82, 2.24) is 0 Å². The zero-order valence-corrected chi connectivity index (χ0v) is 6.78. The smallest absolute Gasteiger partial charge is 0.157 e. The summed E-state index contributed by atoms with van der Waals surface area (Å²) >= 11 is 0. The van der Waals surface area contributed by atoms with Crippen molar-refractivity contribution in [2.24, 2.45) is 0 Å². The maximum Gasteiger partial charge on any atom is 0.157 e. The second-order valence-corrected chi connectivity index (χ2v) is 2.43. The van der Waals surface area contributed by atoms with E-state index < -0.39 is 0 Å². The van der Waals surface area contributed by atoms with E-state index in [0.29, 0.717) is 12.0 Å². The average molecular weight is 166 g/mol. The number of ether oxygens (including phenoxy) is 1. The maximum absolute atomic E-state index is 9.96. The molecule has 1 N–H and O–H groups in total. The molecule has 0 heterocycles. The van der Waals surface area contributed by atoms with Crippen molar-refractivity contribution in [3.05, 3.63) is 23.8 Å². The van der Waals surface area contributed by atoms with Crippen molar-refractivity contribution < 1.29 is 14.6 Å². The molecule has 0 amide bonds. The molecule has 0 fully saturated rings. The summed E-state index contributed by atoms with van der Waals surface area (Å²) < 4.78 is 5.01. The zero-order chi connectivity index (χ0) is 8.97. The highest BCUT2D eigenvalue weighted by molar-refractivity contribution is 5.51. The van der Waals surface area contributed by atoms with Crippen LogP contribution in [0.5, 0.6) is 11.5 Å². The van der Waals surface area contributed by atoms with Gasteiger partial charge in [0.15, 0.2) is 6.29 Å². The van der Waals surface area contributed by atoms with E-state index in [2.05, 4.69) is 0 Å². The molecule has 1 aromatic rings. The summed E-state index contributed by atoms with van der Waals surface area (Å²) in [6, 6.07) is 4.83. The molecule has 1 rings (SSSR count). The molecule has 0 saturated carbocycles. The number of phenolic OH excluding ortho intramolecular Hbond substituents is 1. The number of hydrogen-bond donors (Lipinski definition) is 1. The normalized spacial score (nSPS) is 9.42. The zero-order valence-electron chi connectivity index (χ0n) is 6.78. The summed E-state index contributed by atoms with van der Waals surface area (Å²) in [6.07, 6.45) is 0.683. The number of carbonyl (C=O) groups is 1. The number of benzene rings is 1. The molecule has 0 radical (unpaired) electrons. The number of rotatable bonds is 3. The Morgan fingerprint density at radius 2 is 2.33 bits per heavy atom. The van der Waals surface area contributed by atoms with Gasteiger partial charge in [-0.3, -0.25) is 4.79 Å². The number of aromatic hydroxyl groups is 1. The van der Waals surface area contributed by atoms with Crippen molar-refractivity contribution in [1.29, 1.82) is 0 Å². The number of aldehydes is 1. The Morgan fingerprint density at radius 1 is 1.58 bits per heavy atom. The summed E-state index contributed by atoms with van der Waals surface area (Å²) in [6.45, 7) is 1.81. The summed E-state index contributed by atoms with van der Waals surface area (Å²) in [5.74, 6) is 0.825. The van der Waals surface area contributed by atoms with Crippen molar-refractivity contribution in [3.8, 4) is 11.5 Å². The Bertz CT molecular complexity index is 281. The van der Waals surface area contributed by atoms with Gasteiger partial charge in [-0.05, 0) is 30.7 Å². The first-order valence-corrected chi connectivity index (χ1v) is 3.60. The van der Waals surface area contributed by atoms with Crippen LogP contribution >= 0.6 is 0 Å². The minimum Gasteiger partial charge on any atom is -0.508 e. The largest absolute Gasteiger partial charge is 0.508 e. The number of carbonyl (C=O) groups excluding carboxylic acids is 1. The predicted molar refractivity (Wildman–Crippen MR) is 44.4 cm³/mol. The standard InChI is InChI=1S/C9H10O3/c1-7-6-8(12-5-4-10)2-3-9(7)11/h2-4,6,11H,5H2,1H3. The number of phenols is 1. The third-order valence-electron chi connectivity index (χ3n) is 1.49. The van der Waals surface area contributed by atoms with E-state index in [1.165, 1.54) is 6.07 Å². The van der Waals surface area contributed by atoms with E-state index >= 15 is 0 Å². The fraction of sp³-hybridized carbons (Fsp3) is 0.222. The molecule has 3 nitrogen and oxygen atoms in total. The average Bonchev–Trinajstić information content (AvgIpc) is 2.07. The molecular weight excluding hydrogens is 156 g/mol. The van der Waals surface area contributed by atoms with E-state index in [-0.39, 0.29) is 12.4 Å². The van der Waals surface area contributed by atoms with E-state index in [0.717, 1.165) is 5.56 Å². The van der Waals surface area contributed by atoms with Gasteiger partial charge in [0.2, 0.25) is 0 Å². The van der Waals surface area contributed by atoms with Crippen molar-refractivity contribution >= 4 is 6.29 Å². The van der Waals surface area contributed by atoms with Gasteiger partial charge in [-0.1, -0.05) is 0 Å². The molecule has 0 aliphatic carbocycles. The molecule has 12 heavy (non-hydrogen) atoms. The minimum atomic E-state index is 0.0458. The Labute approximate surface area is 70.6 Å². The van der Waals surface area contributed by atoms with Gasteiger partial charge in [0.05, 0.1) is 0 Å². The second kappa shape index (κ2) is 3.76. The summed E-state index contributed by atoms with van der Waals surface area (Å²) in [4.78, 5) is 9.96. The molecule has 0 aromatic heterocycles. The van der Waals surface area contributed by atoms with Crippen LogP contribution in [0.2, 0.25) is 0 Å². The Kier molecular flexibility index (Phi) is 2.69. The lowest BCUT2D eigenvalue weighted by atomic mass is 10.2. The van der Waals surface area contributed by atoms with E-state index in [1.807, 2.05) is 0 Å². The lowest BCUT2D eigenvalue weighted by molar-refractivity contribution is -0.109. The fourth-order valence-corrected chi connectivity index (χ4v) is 0.848. The van der Waals surface area contributed by atoms with E-state index in [4.69, 9.17) is 9.84 Å². The summed E-state index contributed by atoms with van der Waals surface area (Å²) in [7, 11) is 0. The Morgan fingerprint density at radius 3 is 2.92 bits per heavy atom. The SMILES string of the molecule is Cc1cc(OCC=O)ccc1O. The van der Waals surface area contributed by atoms with E-state index in [1.54, 1.807) is 19.1 Å². The first kappa shape index (κ1) is 8.59. The van der Waals surface area contributed by atoms with Gasteiger partial charge in [-0.2, -0.15) is 0 Å². The highest BCUT2D eigenvalue weighted by Crippen LogP contribution is 2.21. The van der Waals surface area contributed by atoms with Crippen molar-refractivity contribution in [2.75, 3.05) is 6.61 Å². The third kappa shape index (κ3) is 1.99. The molecule has 0 bridgehead atoms. The van der Waals surface area contributed by atoms with Crippen molar-refractivity contribution in [3.63, 3.8) is 0 Å². The lowest BCUT2D eigenvalue weighted by Gasteiger charge is -2.03. The fourth-order valence-electron chi connectivity index (χ4n) is 0.848. The number of aryl methyl sites for hydroxylation is 1. The van der Waals surface area contributed by atoms with Gasteiger partial charge in [-0.15, -0.1) is 0 Å². The predicted octanol–water partition coefficient (Wildman–Crippen LogP) is 1.28. The van der Waals surface area contributed by atoms with Crippen LogP contribution in [0.3, 0.4) is 0 Å². The second-order valence-electron chi connectivity index (χ2n) is 2.43. The first-order valence-electron chi connectivity index (χ1n) is 3.60. The third-order valence-corrected chi connectivity index (χ3v) is 1.49. The van der Waals surface area contributed by atoms with Gasteiger partial charge in [0.1, 0.15) is 18.1 Å². The highest BCUT2D eigenvalue weighted by atomic mass is 16.5. The summed E-state index contributed by atoms with van der Waals surface area (Å²) in [5.41, 5.74) is 0.735. The van der Waals surface area contributed by atoms with E-state index in [9.17, 15) is 4.79 Å². The molecule has 0 aliphatic rings. The van der Waals surface area contributed by atoms with Crippen LogP contribution in [0.4, 0.5) is 0 Å². The van der Waals surface area contributed by atoms with Gasteiger partial charge < -0.3 is 9.84 Å². The van der Waals surface area contributed by atoms with Gasteiger partial charge in [0.25, 0.3) is 0 Å². The van der Waals surface area contributed by atoms with Gasteiger partial charge >= 0.3 is 0 Å². The van der Waals surface area contributed by atoms with Crippen LogP contribution in [0.25, 0.3) is 0 Å². The van der Waals surface area contributed by atoms with Crippen LogP contribution < -0.4 is 4.74 Å². The Hall–Kier alpha value is -1.51. The molecule has 0 saturated heterocycles. The van der Waals surface area contributed by atoms with Crippen molar-refractivity contribution in [2.45, 2.75) is 6.92 Å². The molecule has 0 spiro atoms. The van der Waals surface area contributed by atoms with Crippen LogP contribution in [-0.2, 0) is 4.79 Å². The minimum absolute atomic E-state index is 0.0458. The van der Waals surface area contributed by atoms with Crippen LogP contribution in [0.1, 0.15) is 5.56 Å². The maximum atomic E-state index is 9.96. The molecule has 64 valence electrons. The topological polar surface area (TPSA) is 46.5 Å². The molecule has 0 aliphatic heterocycles. The molecule has 3 heteroatoms. The summed E-state index contributed by atoms with van der Waals surface area (Å²) in [5, 5.41) is 9.14. The molecule has 0 unspecified atom stereocenters. The van der Waals surface area contributed by atoms with Crippen LogP contribution in [0.15, 0.2) is 18.2 Å². The van der Waals surface area contributed by atoms with Crippen LogP contribution in [0, 0.1) is 6.92 Å². The molecule has 1 aromatic carbocycles. The molecule has 0 atom stereocenters. The van der Waals surface area contributed by atoms with Gasteiger partial charge in [0, 0.05) is 0 Å². The van der Waals surface area contributed by atoms with Gasteiger partial charge in [-0.25, -0.2) is 0 Å². The Balaban J connectivity index is 2.75. The lowest BCUT2D eigenvalue weighted by Crippen LogP contribution is -1.97. The highest BCUT2D eigenvalue weighted by Gasteiger charge is 1.97. The molecular formula is C9H10O3. The quantitative estimate of drug-likeness (QED) is 0.688. The first-order chi connectivity index (χ1) is 5.74. The number of hydrogen-bond acceptors (Lipinski definition) is 3. The monoisotopic (exact) mass is 166 g/mol. The van der Waals surface area contributed by atoms with Crippen LogP contribution in [-0.4, -0.2) is 18.0 Å².